The Morgan fingerprint density at radius 3 is 3.08 bits per heavy atom. The van der Waals surface area contributed by atoms with E-state index in [2.05, 4.69) is 35.5 Å². The number of hydrogen-bond donors (Lipinski definition) is 0. The molecule has 2 rings (SSSR count). The molecule has 0 aliphatic carbocycles. The van der Waals surface area contributed by atoms with Crippen molar-refractivity contribution in [3.8, 4) is 0 Å². The summed E-state index contributed by atoms with van der Waals surface area (Å²) in [5.41, 5.74) is 1.61. The second-order valence-electron chi connectivity index (χ2n) is 3.63. The molecule has 13 heavy (non-hydrogen) atoms. The molecule has 1 nitrogen and oxygen atoms in total. The Morgan fingerprint density at radius 1 is 1.54 bits per heavy atom. The normalized spacial score (nSPS) is 18.7. The van der Waals surface area contributed by atoms with E-state index >= 15 is 0 Å². The SMILES string of the molecule is CN1CC=C(Cc2cccs2)CC1. The minimum absolute atomic E-state index is 1.13. The van der Waals surface area contributed by atoms with Crippen LogP contribution in [0.2, 0.25) is 0 Å². The summed E-state index contributed by atoms with van der Waals surface area (Å²) in [7, 11) is 2.18. The average molecular weight is 193 g/mol. The molecule has 2 heterocycles. The van der Waals surface area contributed by atoms with Crippen molar-refractivity contribution < 1.29 is 0 Å². The summed E-state index contributed by atoms with van der Waals surface area (Å²) in [6.45, 7) is 2.35. The first-order valence-electron chi connectivity index (χ1n) is 4.73. The fourth-order valence-electron chi connectivity index (χ4n) is 1.61. The maximum absolute atomic E-state index is 2.38. The highest BCUT2D eigenvalue weighted by molar-refractivity contribution is 7.09. The minimum atomic E-state index is 1.13. The molecule has 1 aliphatic rings. The van der Waals surface area contributed by atoms with Crippen LogP contribution in [0.25, 0.3) is 0 Å². The fourth-order valence-corrected chi connectivity index (χ4v) is 2.37. The molecular weight excluding hydrogens is 178 g/mol. The van der Waals surface area contributed by atoms with E-state index in [0.29, 0.717) is 0 Å². The van der Waals surface area contributed by atoms with Crippen LogP contribution >= 0.6 is 11.3 Å². The van der Waals surface area contributed by atoms with Crippen LogP contribution in [-0.2, 0) is 6.42 Å². The van der Waals surface area contributed by atoms with Crippen LogP contribution in [0.4, 0.5) is 0 Å². The van der Waals surface area contributed by atoms with Gasteiger partial charge in [-0.25, -0.2) is 0 Å². The van der Waals surface area contributed by atoms with Gasteiger partial charge < -0.3 is 4.90 Å². The monoisotopic (exact) mass is 193 g/mol. The Kier molecular flexibility index (Phi) is 2.81. The van der Waals surface area contributed by atoms with Crippen LogP contribution in [0.15, 0.2) is 29.2 Å². The highest BCUT2D eigenvalue weighted by Crippen LogP contribution is 2.18. The minimum Gasteiger partial charge on any atom is -0.302 e. The van der Waals surface area contributed by atoms with E-state index in [1.807, 2.05) is 11.3 Å². The molecule has 70 valence electrons. The van der Waals surface area contributed by atoms with Crippen molar-refractivity contribution in [1.29, 1.82) is 0 Å². The zero-order valence-electron chi connectivity index (χ0n) is 7.99. The molecule has 0 spiro atoms. The maximum Gasteiger partial charge on any atom is 0.0163 e. The lowest BCUT2D eigenvalue weighted by atomic mass is 10.0. The van der Waals surface area contributed by atoms with Gasteiger partial charge in [-0.1, -0.05) is 17.7 Å². The van der Waals surface area contributed by atoms with Crippen molar-refractivity contribution in [3.05, 3.63) is 34.0 Å². The Labute approximate surface area is 83.7 Å². The molecule has 0 bridgehead atoms. The molecule has 0 fully saturated rings. The molecule has 0 saturated heterocycles. The molecular formula is C11H15NS. The Morgan fingerprint density at radius 2 is 2.46 bits per heavy atom. The second-order valence-corrected chi connectivity index (χ2v) is 4.66. The van der Waals surface area contributed by atoms with Gasteiger partial charge in [0, 0.05) is 24.4 Å². The molecule has 2 heteroatoms. The first-order valence-corrected chi connectivity index (χ1v) is 5.61. The zero-order chi connectivity index (χ0) is 9.10. The summed E-state index contributed by atoms with van der Waals surface area (Å²) in [4.78, 5) is 3.86. The van der Waals surface area contributed by atoms with E-state index in [4.69, 9.17) is 0 Å². The summed E-state index contributed by atoms with van der Waals surface area (Å²) in [5.74, 6) is 0. The molecule has 0 amide bonds. The lowest BCUT2D eigenvalue weighted by Crippen LogP contribution is -2.24. The third kappa shape index (κ3) is 2.42. The predicted molar refractivity (Wildman–Crippen MR) is 58.2 cm³/mol. The number of hydrogen-bond acceptors (Lipinski definition) is 2. The number of nitrogens with zero attached hydrogens (tertiary/aromatic N) is 1. The van der Waals surface area contributed by atoms with Crippen molar-refractivity contribution in [1.82, 2.24) is 4.90 Å². The van der Waals surface area contributed by atoms with Crippen LogP contribution in [0.1, 0.15) is 11.3 Å². The first kappa shape index (κ1) is 8.97. The topological polar surface area (TPSA) is 3.24 Å². The van der Waals surface area contributed by atoms with Gasteiger partial charge in [-0.15, -0.1) is 11.3 Å². The van der Waals surface area contributed by atoms with Gasteiger partial charge >= 0.3 is 0 Å². The van der Waals surface area contributed by atoms with Gasteiger partial charge in [0.1, 0.15) is 0 Å². The van der Waals surface area contributed by atoms with Gasteiger partial charge in [0.15, 0.2) is 0 Å². The van der Waals surface area contributed by atoms with Gasteiger partial charge in [0.05, 0.1) is 0 Å². The first-order chi connectivity index (χ1) is 6.34. The van der Waals surface area contributed by atoms with Crippen LogP contribution in [-0.4, -0.2) is 25.0 Å². The fraction of sp³-hybridized carbons (Fsp3) is 0.455. The van der Waals surface area contributed by atoms with Crippen molar-refractivity contribution in [2.75, 3.05) is 20.1 Å². The molecule has 1 aliphatic heterocycles. The van der Waals surface area contributed by atoms with Gasteiger partial charge in [-0.05, 0) is 24.9 Å². The van der Waals surface area contributed by atoms with Crippen molar-refractivity contribution >= 4 is 11.3 Å². The van der Waals surface area contributed by atoms with Crippen molar-refractivity contribution in [2.45, 2.75) is 12.8 Å². The van der Waals surface area contributed by atoms with E-state index in [9.17, 15) is 0 Å². The predicted octanol–water partition coefficient (Wildman–Crippen LogP) is 2.55. The quantitative estimate of drug-likeness (QED) is 0.652. The van der Waals surface area contributed by atoms with E-state index in [1.165, 1.54) is 24.3 Å². The lowest BCUT2D eigenvalue weighted by molar-refractivity contribution is 0.357. The Hall–Kier alpha value is -0.600. The van der Waals surface area contributed by atoms with Gasteiger partial charge in [-0.2, -0.15) is 0 Å². The van der Waals surface area contributed by atoms with E-state index in [0.717, 1.165) is 6.54 Å². The van der Waals surface area contributed by atoms with Crippen molar-refractivity contribution in [2.24, 2.45) is 0 Å². The third-order valence-corrected chi connectivity index (χ3v) is 3.36. The number of likely N-dealkylation sites (N-methyl/N-ethyl adjacent to an activating group) is 1. The summed E-state index contributed by atoms with van der Waals surface area (Å²) >= 11 is 1.86. The molecule has 0 aromatic carbocycles. The number of rotatable bonds is 2. The highest BCUT2D eigenvalue weighted by Gasteiger charge is 2.08. The van der Waals surface area contributed by atoms with Crippen molar-refractivity contribution in [3.63, 3.8) is 0 Å². The largest absolute Gasteiger partial charge is 0.302 e. The standard InChI is InChI=1S/C11H15NS/c1-12-6-4-10(5-7-12)9-11-3-2-8-13-11/h2-4,8H,5-7,9H2,1H3. The molecule has 0 saturated carbocycles. The maximum atomic E-state index is 2.38. The summed E-state index contributed by atoms with van der Waals surface area (Å²) in [6, 6.07) is 4.36. The van der Waals surface area contributed by atoms with Gasteiger partial charge in [0.2, 0.25) is 0 Å². The van der Waals surface area contributed by atoms with Crippen LogP contribution < -0.4 is 0 Å². The average Bonchev–Trinajstić information content (AvgIpc) is 2.62. The summed E-state index contributed by atoms with van der Waals surface area (Å²) in [6.07, 6.45) is 4.79. The summed E-state index contributed by atoms with van der Waals surface area (Å²) < 4.78 is 0. The van der Waals surface area contributed by atoms with Crippen LogP contribution in [0, 0.1) is 0 Å². The van der Waals surface area contributed by atoms with E-state index in [1.54, 1.807) is 5.57 Å². The van der Waals surface area contributed by atoms with E-state index < -0.39 is 0 Å². The molecule has 0 N–H and O–H groups in total. The van der Waals surface area contributed by atoms with E-state index in [-0.39, 0.29) is 0 Å². The van der Waals surface area contributed by atoms with Gasteiger partial charge in [0.25, 0.3) is 0 Å². The molecule has 1 aromatic heterocycles. The molecule has 0 atom stereocenters. The zero-order valence-corrected chi connectivity index (χ0v) is 8.81. The molecule has 0 radical (unpaired) electrons. The Balaban J connectivity index is 1.96. The third-order valence-electron chi connectivity index (χ3n) is 2.49. The smallest absolute Gasteiger partial charge is 0.0163 e. The highest BCUT2D eigenvalue weighted by atomic mass is 32.1. The molecule has 1 aromatic rings. The molecule has 0 unspecified atom stereocenters. The summed E-state index contributed by atoms with van der Waals surface area (Å²) in [5, 5.41) is 2.16. The Bertz CT molecular complexity index is 287. The number of thiophene rings is 1. The second kappa shape index (κ2) is 4.07. The lowest BCUT2D eigenvalue weighted by Gasteiger charge is -2.21. The van der Waals surface area contributed by atoms with Gasteiger partial charge in [-0.3, -0.25) is 0 Å². The van der Waals surface area contributed by atoms with Crippen LogP contribution in [0.3, 0.4) is 0 Å². The van der Waals surface area contributed by atoms with Crippen LogP contribution in [0.5, 0.6) is 0 Å².